The zero-order valence-corrected chi connectivity index (χ0v) is 10.8. The highest BCUT2D eigenvalue weighted by atomic mass is 16.5. The van der Waals surface area contributed by atoms with E-state index in [0.717, 1.165) is 28.8 Å². The molecular weight excluding hydrogens is 240 g/mol. The standard InChI is InChI=1S/C15H18N2O2/c16-15(11-4-9-3-10(9)5-11)8-1-2-13-12(6-8)17-14(18)7-19-13/h1-2,6,9-11,15H,3-5,7,16H2,(H,17,18). The van der Waals surface area contributed by atoms with Gasteiger partial charge in [-0.2, -0.15) is 0 Å². The van der Waals surface area contributed by atoms with E-state index in [1.165, 1.54) is 19.3 Å². The number of anilines is 1. The molecule has 100 valence electrons. The lowest BCUT2D eigenvalue weighted by atomic mass is 9.89. The van der Waals surface area contributed by atoms with Crippen LogP contribution >= 0.6 is 0 Å². The van der Waals surface area contributed by atoms with Crippen LogP contribution in [0.2, 0.25) is 0 Å². The quantitative estimate of drug-likeness (QED) is 0.853. The second kappa shape index (κ2) is 3.97. The van der Waals surface area contributed by atoms with Gasteiger partial charge in [0.15, 0.2) is 6.61 Å². The van der Waals surface area contributed by atoms with Gasteiger partial charge in [-0.05, 0) is 54.7 Å². The summed E-state index contributed by atoms with van der Waals surface area (Å²) in [5, 5.41) is 2.84. The van der Waals surface area contributed by atoms with Crippen LogP contribution in [0.5, 0.6) is 5.75 Å². The van der Waals surface area contributed by atoms with Crippen LogP contribution in [0.4, 0.5) is 5.69 Å². The summed E-state index contributed by atoms with van der Waals surface area (Å²) >= 11 is 0. The summed E-state index contributed by atoms with van der Waals surface area (Å²) in [6.45, 7) is 0.102. The molecule has 0 aromatic heterocycles. The highest BCUT2D eigenvalue weighted by Crippen LogP contribution is 2.56. The van der Waals surface area contributed by atoms with Gasteiger partial charge in [-0.25, -0.2) is 0 Å². The van der Waals surface area contributed by atoms with Crippen molar-refractivity contribution >= 4 is 11.6 Å². The molecule has 0 spiro atoms. The molecule has 0 bridgehead atoms. The van der Waals surface area contributed by atoms with Gasteiger partial charge in [0, 0.05) is 6.04 Å². The molecule has 4 rings (SSSR count). The van der Waals surface area contributed by atoms with Crippen molar-refractivity contribution in [2.75, 3.05) is 11.9 Å². The lowest BCUT2D eigenvalue weighted by Gasteiger charge is -2.24. The third kappa shape index (κ3) is 1.91. The third-order valence-corrected chi connectivity index (χ3v) is 4.81. The lowest BCUT2D eigenvalue weighted by molar-refractivity contribution is -0.118. The van der Waals surface area contributed by atoms with Crippen LogP contribution in [0.15, 0.2) is 18.2 Å². The summed E-state index contributed by atoms with van der Waals surface area (Å²) in [7, 11) is 0. The van der Waals surface area contributed by atoms with E-state index in [4.69, 9.17) is 10.5 Å². The summed E-state index contributed by atoms with van der Waals surface area (Å²) in [5.74, 6) is 3.13. The average Bonchev–Trinajstić information content (AvgIpc) is 3.03. The number of carbonyl (C=O) groups is 1. The molecule has 3 unspecified atom stereocenters. The van der Waals surface area contributed by atoms with Crippen molar-refractivity contribution in [3.05, 3.63) is 23.8 Å². The maximum Gasteiger partial charge on any atom is 0.262 e. The molecule has 4 nitrogen and oxygen atoms in total. The minimum Gasteiger partial charge on any atom is -0.482 e. The summed E-state index contributed by atoms with van der Waals surface area (Å²) in [6.07, 6.45) is 3.95. The number of hydrogen-bond donors (Lipinski definition) is 2. The maximum absolute atomic E-state index is 11.3. The van der Waals surface area contributed by atoms with Gasteiger partial charge in [-0.1, -0.05) is 6.07 Å². The summed E-state index contributed by atoms with van der Waals surface area (Å²) in [4.78, 5) is 11.3. The molecule has 2 aliphatic carbocycles. The Morgan fingerprint density at radius 1 is 1.26 bits per heavy atom. The third-order valence-electron chi connectivity index (χ3n) is 4.81. The molecule has 1 aliphatic heterocycles. The van der Waals surface area contributed by atoms with E-state index in [1.807, 2.05) is 18.2 Å². The number of rotatable bonds is 2. The van der Waals surface area contributed by atoms with Crippen LogP contribution in [0.1, 0.15) is 30.9 Å². The second-order valence-corrected chi connectivity index (χ2v) is 6.11. The first-order chi connectivity index (χ1) is 9.20. The largest absolute Gasteiger partial charge is 0.482 e. The fourth-order valence-electron chi connectivity index (χ4n) is 3.64. The van der Waals surface area contributed by atoms with E-state index in [0.29, 0.717) is 5.92 Å². The number of amides is 1. The minimum atomic E-state index is -0.0969. The Morgan fingerprint density at radius 2 is 2.05 bits per heavy atom. The first-order valence-corrected chi connectivity index (χ1v) is 7.03. The Kier molecular flexibility index (Phi) is 2.36. The zero-order chi connectivity index (χ0) is 13.0. The fourth-order valence-corrected chi connectivity index (χ4v) is 3.64. The van der Waals surface area contributed by atoms with Crippen LogP contribution < -0.4 is 15.8 Å². The molecule has 3 atom stereocenters. The lowest BCUT2D eigenvalue weighted by Crippen LogP contribution is -2.26. The molecule has 2 fully saturated rings. The van der Waals surface area contributed by atoms with E-state index in [1.54, 1.807) is 0 Å². The van der Waals surface area contributed by atoms with Crippen LogP contribution in [0.3, 0.4) is 0 Å². The van der Waals surface area contributed by atoms with Gasteiger partial charge in [0.05, 0.1) is 5.69 Å². The molecule has 1 aromatic carbocycles. The fraction of sp³-hybridized carbons (Fsp3) is 0.533. The molecule has 4 heteroatoms. The SMILES string of the molecule is NC(c1ccc2c(c1)NC(=O)CO2)C1CC2CC2C1. The molecule has 19 heavy (non-hydrogen) atoms. The van der Waals surface area contributed by atoms with Crippen molar-refractivity contribution in [3.63, 3.8) is 0 Å². The van der Waals surface area contributed by atoms with Crippen LogP contribution in [0.25, 0.3) is 0 Å². The Bertz CT molecular complexity index is 533. The highest BCUT2D eigenvalue weighted by molar-refractivity contribution is 5.95. The van der Waals surface area contributed by atoms with Gasteiger partial charge in [-0.3, -0.25) is 4.79 Å². The van der Waals surface area contributed by atoms with Crippen molar-refractivity contribution in [1.82, 2.24) is 0 Å². The number of fused-ring (bicyclic) bond motifs is 2. The monoisotopic (exact) mass is 258 g/mol. The number of nitrogens with one attached hydrogen (secondary N) is 1. The Hall–Kier alpha value is -1.55. The van der Waals surface area contributed by atoms with Gasteiger partial charge in [-0.15, -0.1) is 0 Å². The average molecular weight is 258 g/mol. The van der Waals surface area contributed by atoms with Crippen molar-refractivity contribution in [1.29, 1.82) is 0 Å². The van der Waals surface area contributed by atoms with Crippen LogP contribution in [-0.4, -0.2) is 12.5 Å². The zero-order valence-electron chi connectivity index (χ0n) is 10.8. The minimum absolute atomic E-state index is 0.0805. The number of carbonyl (C=O) groups excluding carboxylic acids is 1. The Labute approximate surface area is 112 Å². The Balaban J connectivity index is 1.57. The van der Waals surface area contributed by atoms with Gasteiger partial charge >= 0.3 is 0 Å². The molecule has 1 amide bonds. The van der Waals surface area contributed by atoms with Gasteiger partial charge in [0.2, 0.25) is 0 Å². The highest BCUT2D eigenvalue weighted by Gasteiger charge is 2.47. The number of benzene rings is 1. The van der Waals surface area contributed by atoms with Crippen LogP contribution in [0, 0.1) is 17.8 Å². The summed E-state index contributed by atoms with van der Waals surface area (Å²) < 4.78 is 5.37. The van der Waals surface area contributed by atoms with E-state index in [2.05, 4.69) is 5.32 Å². The van der Waals surface area contributed by atoms with E-state index in [-0.39, 0.29) is 18.6 Å². The normalized spacial score (nSPS) is 32.9. The van der Waals surface area contributed by atoms with E-state index in [9.17, 15) is 4.79 Å². The van der Waals surface area contributed by atoms with Crippen molar-refractivity contribution in [2.45, 2.75) is 25.3 Å². The predicted molar refractivity (Wildman–Crippen MR) is 71.8 cm³/mol. The number of ether oxygens (including phenoxy) is 1. The summed E-state index contributed by atoms with van der Waals surface area (Å²) in [6, 6.07) is 6.00. The van der Waals surface area contributed by atoms with Gasteiger partial charge in [0.25, 0.3) is 5.91 Å². The molecule has 3 N–H and O–H groups in total. The van der Waals surface area contributed by atoms with Gasteiger partial charge < -0.3 is 15.8 Å². The molecule has 3 aliphatic rings. The molecule has 1 aromatic rings. The van der Waals surface area contributed by atoms with E-state index >= 15 is 0 Å². The molecule has 0 saturated heterocycles. The predicted octanol–water partition coefficient (Wildman–Crippen LogP) is 2.06. The number of hydrogen-bond acceptors (Lipinski definition) is 3. The first kappa shape index (κ1) is 11.3. The maximum atomic E-state index is 11.3. The smallest absolute Gasteiger partial charge is 0.262 e. The van der Waals surface area contributed by atoms with Gasteiger partial charge in [0.1, 0.15) is 5.75 Å². The molecule has 0 radical (unpaired) electrons. The van der Waals surface area contributed by atoms with Crippen molar-refractivity contribution in [2.24, 2.45) is 23.5 Å². The second-order valence-electron chi connectivity index (χ2n) is 6.11. The summed E-state index contributed by atoms with van der Waals surface area (Å²) in [5.41, 5.74) is 8.26. The van der Waals surface area contributed by atoms with E-state index < -0.39 is 0 Å². The Morgan fingerprint density at radius 3 is 2.84 bits per heavy atom. The molecule has 1 heterocycles. The molecule has 2 saturated carbocycles. The van der Waals surface area contributed by atoms with Crippen molar-refractivity contribution < 1.29 is 9.53 Å². The first-order valence-electron chi connectivity index (χ1n) is 7.03. The van der Waals surface area contributed by atoms with Crippen LogP contribution in [-0.2, 0) is 4.79 Å². The van der Waals surface area contributed by atoms with Crippen molar-refractivity contribution in [3.8, 4) is 5.75 Å². The molecular formula is C15H18N2O2. The topological polar surface area (TPSA) is 64.3 Å². The number of nitrogens with two attached hydrogens (primary N) is 1.